The van der Waals surface area contributed by atoms with E-state index in [-0.39, 0.29) is 55.4 Å². The molecule has 166 valence electrons. The number of aromatic nitrogens is 2. The standard InChI is InChI=1S/C21H23N3O6.Li.H2O/c1-21(2,3)30-20(28)13-8-11(25)10-24(13)19-18-17(22-15(23-19)9-16(26)27)12-6-4-5-7-14(12)29-18;;/h4-7,11,13,25H,8-10H2,1-3H3,(H,26,27);;1H2/q;+1;/p-1/t11-,13-;;/m0../s1. The minimum absolute atomic E-state index is 0. The number of furan rings is 1. The smallest absolute Gasteiger partial charge is 0.870 e. The van der Waals surface area contributed by atoms with Gasteiger partial charge >= 0.3 is 30.8 Å². The third-order valence-corrected chi connectivity index (χ3v) is 4.79. The second-order valence-corrected chi connectivity index (χ2v) is 8.40. The third kappa shape index (κ3) is 5.05. The van der Waals surface area contributed by atoms with Crippen LogP contribution in [0.4, 0.5) is 5.82 Å². The molecule has 0 unspecified atom stereocenters. The van der Waals surface area contributed by atoms with Gasteiger partial charge in [-0.2, -0.15) is 0 Å². The van der Waals surface area contributed by atoms with Crippen LogP contribution in [-0.2, 0) is 20.7 Å². The topological polar surface area (TPSA) is 156 Å². The second-order valence-electron chi connectivity index (χ2n) is 8.40. The van der Waals surface area contributed by atoms with Gasteiger partial charge in [-0.3, -0.25) is 4.79 Å². The number of aliphatic hydroxyl groups excluding tert-OH is 1. The van der Waals surface area contributed by atoms with E-state index in [1.54, 1.807) is 31.7 Å². The van der Waals surface area contributed by atoms with Gasteiger partial charge in [0.2, 0.25) is 0 Å². The molecule has 32 heavy (non-hydrogen) atoms. The number of hydrogen-bond acceptors (Lipinski definition) is 9. The molecule has 1 aromatic carbocycles. The van der Waals surface area contributed by atoms with E-state index in [0.717, 1.165) is 5.39 Å². The molecular formula is C21H24LiN3O7. The molecule has 3 aromatic rings. The van der Waals surface area contributed by atoms with Gasteiger partial charge in [0, 0.05) is 18.4 Å². The molecule has 0 saturated carbocycles. The first-order valence-corrected chi connectivity index (χ1v) is 9.70. The number of nitrogens with zero attached hydrogens (tertiary/aromatic N) is 3. The van der Waals surface area contributed by atoms with Crippen molar-refractivity contribution in [3.05, 3.63) is 30.1 Å². The molecule has 1 aliphatic rings. The number of carboxylic acid groups (broad SMARTS) is 1. The molecule has 0 spiro atoms. The van der Waals surface area contributed by atoms with Gasteiger partial charge in [-0.25, -0.2) is 14.8 Å². The SMILES string of the molecule is CC(C)(C)OC(=O)[C@@H]1C[C@H](O)CN1c1nc(CC(=O)O)nc2c1oc1ccccc12.[Li+].[OH-]. The summed E-state index contributed by atoms with van der Waals surface area (Å²) in [6, 6.07) is 6.48. The Bertz CT molecular complexity index is 1140. The first kappa shape index (κ1) is 25.6. The zero-order chi connectivity index (χ0) is 21.6. The Labute approximate surface area is 196 Å². The summed E-state index contributed by atoms with van der Waals surface area (Å²) in [5.74, 6) is -1.18. The number of carboxylic acids is 1. The van der Waals surface area contributed by atoms with Crippen LogP contribution in [0, 0.1) is 0 Å². The van der Waals surface area contributed by atoms with Gasteiger partial charge in [0.05, 0.1) is 6.10 Å². The Morgan fingerprint density at radius 1 is 1.25 bits per heavy atom. The predicted octanol–water partition coefficient (Wildman–Crippen LogP) is -0.888. The maximum absolute atomic E-state index is 12.8. The number of benzene rings is 1. The van der Waals surface area contributed by atoms with E-state index in [9.17, 15) is 19.8 Å². The van der Waals surface area contributed by atoms with Gasteiger partial charge < -0.3 is 29.7 Å². The molecule has 0 bridgehead atoms. The van der Waals surface area contributed by atoms with Crippen LogP contribution in [0.2, 0.25) is 0 Å². The molecule has 2 atom stereocenters. The van der Waals surface area contributed by atoms with Crippen molar-refractivity contribution >= 4 is 39.8 Å². The summed E-state index contributed by atoms with van der Waals surface area (Å²) in [5.41, 5.74) is 0.693. The summed E-state index contributed by atoms with van der Waals surface area (Å²) >= 11 is 0. The molecule has 1 fully saturated rings. The maximum Gasteiger partial charge on any atom is 1.00 e. The van der Waals surface area contributed by atoms with Crippen LogP contribution in [0.5, 0.6) is 0 Å². The van der Waals surface area contributed by atoms with E-state index >= 15 is 0 Å². The van der Waals surface area contributed by atoms with Crippen LogP contribution < -0.4 is 23.8 Å². The summed E-state index contributed by atoms with van der Waals surface area (Å²) in [5, 5.41) is 20.2. The normalized spacial score (nSPS) is 18.3. The van der Waals surface area contributed by atoms with Gasteiger partial charge in [-0.15, -0.1) is 0 Å². The third-order valence-electron chi connectivity index (χ3n) is 4.79. The fourth-order valence-electron chi connectivity index (χ4n) is 3.67. The van der Waals surface area contributed by atoms with E-state index in [2.05, 4.69) is 9.97 Å². The van der Waals surface area contributed by atoms with Crippen molar-refractivity contribution in [2.75, 3.05) is 11.4 Å². The van der Waals surface area contributed by atoms with Crippen molar-refractivity contribution in [3.63, 3.8) is 0 Å². The fourth-order valence-corrected chi connectivity index (χ4v) is 3.67. The average Bonchev–Trinajstić information content (AvgIpc) is 3.20. The molecule has 0 radical (unpaired) electrons. The molecular weight excluding hydrogens is 413 g/mol. The maximum atomic E-state index is 12.8. The quantitative estimate of drug-likeness (QED) is 0.388. The van der Waals surface area contributed by atoms with Gasteiger partial charge in [0.1, 0.15) is 35.0 Å². The Balaban J connectivity index is 0.00000181. The minimum Gasteiger partial charge on any atom is -0.870 e. The van der Waals surface area contributed by atoms with Crippen LogP contribution in [0.15, 0.2) is 28.7 Å². The Morgan fingerprint density at radius 3 is 2.59 bits per heavy atom. The number of esters is 1. The number of aliphatic carboxylic acids is 1. The minimum atomic E-state index is -1.07. The zero-order valence-corrected chi connectivity index (χ0v) is 18.4. The van der Waals surface area contributed by atoms with E-state index in [0.29, 0.717) is 16.7 Å². The molecule has 1 aliphatic heterocycles. The van der Waals surface area contributed by atoms with Gasteiger partial charge in [-0.05, 0) is 32.9 Å². The van der Waals surface area contributed by atoms with Crippen molar-refractivity contribution in [1.29, 1.82) is 0 Å². The van der Waals surface area contributed by atoms with E-state index in [1.165, 1.54) is 0 Å². The number of fused-ring (bicyclic) bond motifs is 3. The fraction of sp³-hybridized carbons (Fsp3) is 0.429. The van der Waals surface area contributed by atoms with E-state index in [4.69, 9.17) is 9.15 Å². The first-order valence-electron chi connectivity index (χ1n) is 9.70. The van der Waals surface area contributed by atoms with Crippen molar-refractivity contribution in [2.45, 2.75) is 51.4 Å². The van der Waals surface area contributed by atoms with Crippen molar-refractivity contribution in [3.8, 4) is 0 Å². The van der Waals surface area contributed by atoms with Crippen LogP contribution in [0.25, 0.3) is 22.1 Å². The molecule has 1 saturated heterocycles. The van der Waals surface area contributed by atoms with Crippen molar-refractivity contribution in [2.24, 2.45) is 0 Å². The number of aliphatic hydroxyl groups is 1. The van der Waals surface area contributed by atoms with E-state index < -0.39 is 29.7 Å². The Hall–Kier alpha value is -2.64. The number of carbonyl (C=O) groups is 2. The molecule has 11 heteroatoms. The molecule has 0 aliphatic carbocycles. The van der Waals surface area contributed by atoms with Gasteiger partial charge in [0.15, 0.2) is 11.4 Å². The number of β-amino-alcohol motifs (C(OH)–C–C–N with tert-alkyl or cyclic N) is 1. The van der Waals surface area contributed by atoms with Crippen molar-refractivity contribution in [1.82, 2.24) is 9.97 Å². The number of carbonyl (C=O) groups excluding carboxylic acids is 1. The molecule has 0 amide bonds. The summed E-state index contributed by atoms with van der Waals surface area (Å²) in [4.78, 5) is 34.5. The van der Waals surface area contributed by atoms with Crippen LogP contribution in [0.3, 0.4) is 0 Å². The predicted molar refractivity (Wildman–Crippen MR) is 110 cm³/mol. The number of anilines is 1. The van der Waals surface area contributed by atoms with Gasteiger partial charge in [0.25, 0.3) is 0 Å². The summed E-state index contributed by atoms with van der Waals surface area (Å²) in [7, 11) is 0. The van der Waals surface area contributed by atoms with Crippen LogP contribution in [0.1, 0.15) is 33.0 Å². The van der Waals surface area contributed by atoms with Crippen molar-refractivity contribution < 1.29 is 53.3 Å². The monoisotopic (exact) mass is 437 g/mol. The van der Waals surface area contributed by atoms with Crippen LogP contribution >= 0.6 is 0 Å². The molecule has 10 nitrogen and oxygen atoms in total. The first-order chi connectivity index (χ1) is 14.1. The summed E-state index contributed by atoms with van der Waals surface area (Å²) in [6.45, 7) is 5.45. The summed E-state index contributed by atoms with van der Waals surface area (Å²) in [6.07, 6.45) is -0.968. The molecule has 2 aromatic heterocycles. The number of rotatable bonds is 4. The Kier molecular flexibility index (Phi) is 7.58. The second kappa shape index (κ2) is 9.46. The number of ether oxygens (including phenoxy) is 1. The number of hydrogen-bond donors (Lipinski definition) is 2. The Morgan fingerprint density at radius 2 is 1.94 bits per heavy atom. The van der Waals surface area contributed by atoms with Gasteiger partial charge in [-0.1, -0.05) is 12.1 Å². The molecule has 4 rings (SSSR count). The van der Waals surface area contributed by atoms with Crippen LogP contribution in [-0.4, -0.2) is 61.9 Å². The average molecular weight is 437 g/mol. The zero-order valence-electron chi connectivity index (χ0n) is 18.4. The largest absolute Gasteiger partial charge is 1.00 e. The number of para-hydroxylation sites is 1. The molecule has 3 heterocycles. The molecule has 3 N–H and O–H groups in total. The van der Waals surface area contributed by atoms with E-state index in [1.807, 2.05) is 18.2 Å². The summed E-state index contributed by atoms with van der Waals surface area (Å²) < 4.78 is 11.5.